The van der Waals surface area contributed by atoms with E-state index in [1.165, 1.54) is 11.3 Å². The summed E-state index contributed by atoms with van der Waals surface area (Å²) in [6, 6.07) is 0.374. The number of nitrogens with zero attached hydrogens (tertiary/aromatic N) is 3. The zero-order chi connectivity index (χ0) is 14.9. The van der Waals surface area contributed by atoms with E-state index >= 15 is 0 Å². The van der Waals surface area contributed by atoms with E-state index in [9.17, 15) is 0 Å². The van der Waals surface area contributed by atoms with Gasteiger partial charge in [-0.1, -0.05) is 20.8 Å². The fraction of sp³-hybridized carbons (Fsp3) is 0.562. The summed E-state index contributed by atoms with van der Waals surface area (Å²) < 4.78 is 0. The summed E-state index contributed by atoms with van der Waals surface area (Å²) in [5.74, 6) is 0.809. The quantitative estimate of drug-likeness (QED) is 0.937. The molecule has 0 spiro atoms. The van der Waals surface area contributed by atoms with Gasteiger partial charge >= 0.3 is 0 Å². The molecular weight excluding hydrogens is 280 g/mol. The number of nitrogens with one attached hydrogen (secondary N) is 1. The predicted octanol–water partition coefficient (Wildman–Crippen LogP) is 3.61. The first-order valence-electron chi connectivity index (χ1n) is 7.57. The minimum Gasteiger partial charge on any atom is -0.310 e. The highest BCUT2D eigenvalue weighted by Gasteiger charge is 2.33. The maximum absolute atomic E-state index is 4.83. The molecule has 112 valence electrons. The molecular formula is C16H22N4S. The molecule has 0 radical (unpaired) electrons. The molecule has 2 aromatic rings. The summed E-state index contributed by atoms with van der Waals surface area (Å²) in [6.07, 6.45) is 7.16. The van der Waals surface area contributed by atoms with Crippen LogP contribution in [0.3, 0.4) is 0 Å². The summed E-state index contributed by atoms with van der Waals surface area (Å²) in [7, 11) is 0. The second-order valence-corrected chi connectivity index (χ2v) is 7.40. The average Bonchev–Trinajstić information content (AvgIpc) is 2.97. The topological polar surface area (TPSA) is 50.7 Å². The highest BCUT2D eigenvalue weighted by Crippen LogP contribution is 2.40. The number of rotatable bonds is 4. The summed E-state index contributed by atoms with van der Waals surface area (Å²) in [5, 5.41) is 3.65. The van der Waals surface area contributed by atoms with Gasteiger partial charge in [-0.25, -0.2) is 9.97 Å². The van der Waals surface area contributed by atoms with E-state index < -0.39 is 0 Å². The first kappa shape index (κ1) is 14.6. The molecule has 0 amide bonds. The lowest BCUT2D eigenvalue weighted by atomic mass is 9.74. The first-order valence-corrected chi connectivity index (χ1v) is 8.45. The van der Waals surface area contributed by atoms with Gasteiger partial charge in [-0.15, -0.1) is 11.3 Å². The van der Waals surface area contributed by atoms with E-state index in [4.69, 9.17) is 4.98 Å². The van der Waals surface area contributed by atoms with Crippen LogP contribution in [0.25, 0.3) is 10.7 Å². The van der Waals surface area contributed by atoms with Crippen molar-refractivity contribution in [2.75, 3.05) is 6.54 Å². The van der Waals surface area contributed by atoms with Crippen LogP contribution in [-0.2, 0) is 6.42 Å². The van der Waals surface area contributed by atoms with Crippen LogP contribution in [0, 0.1) is 5.41 Å². The second-order valence-electron chi connectivity index (χ2n) is 6.51. The van der Waals surface area contributed by atoms with Crippen molar-refractivity contribution >= 4 is 11.3 Å². The monoisotopic (exact) mass is 302 g/mol. The smallest absolute Gasteiger partial charge is 0.171 e. The van der Waals surface area contributed by atoms with Crippen LogP contribution >= 0.6 is 11.3 Å². The van der Waals surface area contributed by atoms with Gasteiger partial charge in [-0.2, -0.15) is 0 Å². The maximum atomic E-state index is 4.83. The lowest BCUT2D eigenvalue weighted by molar-refractivity contribution is 0.254. The Hall–Kier alpha value is -1.33. The summed E-state index contributed by atoms with van der Waals surface area (Å²) in [5.41, 5.74) is 4.57. The van der Waals surface area contributed by atoms with Gasteiger partial charge in [0.2, 0.25) is 0 Å². The molecule has 0 aromatic carbocycles. The van der Waals surface area contributed by atoms with E-state index in [0.717, 1.165) is 36.5 Å². The minimum absolute atomic E-state index is 0.276. The van der Waals surface area contributed by atoms with E-state index in [1.807, 2.05) is 17.9 Å². The lowest BCUT2D eigenvalue weighted by Gasteiger charge is -2.36. The summed E-state index contributed by atoms with van der Waals surface area (Å²) in [4.78, 5) is 14.6. The first-order chi connectivity index (χ1) is 10.1. The van der Waals surface area contributed by atoms with Crippen molar-refractivity contribution in [1.82, 2.24) is 20.3 Å². The Morgan fingerprint density at radius 2 is 2.24 bits per heavy atom. The van der Waals surface area contributed by atoms with Crippen LogP contribution in [0.1, 0.15) is 50.9 Å². The number of thiazole rings is 1. The lowest BCUT2D eigenvalue weighted by Crippen LogP contribution is -2.34. The van der Waals surface area contributed by atoms with Gasteiger partial charge in [0, 0.05) is 29.7 Å². The summed E-state index contributed by atoms with van der Waals surface area (Å²) >= 11 is 1.59. The van der Waals surface area contributed by atoms with Gasteiger partial charge in [0.15, 0.2) is 5.82 Å². The highest BCUT2D eigenvalue weighted by atomic mass is 32.1. The Morgan fingerprint density at radius 1 is 1.38 bits per heavy atom. The fourth-order valence-corrected chi connectivity index (χ4v) is 3.55. The average molecular weight is 302 g/mol. The van der Waals surface area contributed by atoms with Gasteiger partial charge in [-0.3, -0.25) is 4.98 Å². The molecule has 0 aliphatic heterocycles. The molecule has 1 aliphatic carbocycles. The van der Waals surface area contributed by atoms with E-state index in [-0.39, 0.29) is 5.41 Å². The Morgan fingerprint density at radius 3 is 2.95 bits per heavy atom. The molecule has 0 bridgehead atoms. The molecule has 2 aromatic heterocycles. The minimum atomic E-state index is 0.276. The summed E-state index contributed by atoms with van der Waals surface area (Å²) in [6.45, 7) is 7.89. The molecule has 5 heteroatoms. The molecule has 0 saturated heterocycles. The normalized spacial score (nSPS) is 20.2. The van der Waals surface area contributed by atoms with E-state index in [2.05, 4.69) is 36.1 Å². The van der Waals surface area contributed by atoms with Crippen LogP contribution < -0.4 is 5.32 Å². The van der Waals surface area contributed by atoms with Crippen molar-refractivity contribution in [2.45, 2.75) is 46.1 Å². The largest absolute Gasteiger partial charge is 0.310 e. The van der Waals surface area contributed by atoms with E-state index in [1.54, 1.807) is 11.3 Å². The highest BCUT2D eigenvalue weighted by molar-refractivity contribution is 7.13. The molecule has 0 saturated carbocycles. The Balaban J connectivity index is 1.96. The molecule has 1 aliphatic rings. The van der Waals surface area contributed by atoms with Crippen molar-refractivity contribution in [3.8, 4) is 10.7 Å². The van der Waals surface area contributed by atoms with Crippen molar-refractivity contribution in [1.29, 1.82) is 0 Å². The zero-order valence-electron chi connectivity index (χ0n) is 12.9. The standard InChI is InChI=1S/C16H22N4S/c1-4-5-18-12-6-16(2,3)7-13-11(12)8-19-15(20-13)14-9-17-10-21-14/h8-10,12,18H,4-7H2,1-3H3. The molecule has 0 fully saturated rings. The van der Waals surface area contributed by atoms with Crippen LogP contribution in [0.5, 0.6) is 0 Å². The third-order valence-electron chi connectivity index (χ3n) is 3.97. The molecule has 1 unspecified atom stereocenters. The third kappa shape index (κ3) is 3.14. The second kappa shape index (κ2) is 5.81. The van der Waals surface area contributed by atoms with E-state index in [0.29, 0.717) is 6.04 Å². The molecule has 1 N–H and O–H groups in total. The molecule has 4 nitrogen and oxygen atoms in total. The maximum Gasteiger partial charge on any atom is 0.171 e. The molecule has 21 heavy (non-hydrogen) atoms. The van der Waals surface area contributed by atoms with Crippen LogP contribution in [0.15, 0.2) is 17.9 Å². The fourth-order valence-electron chi connectivity index (χ4n) is 2.99. The Labute approximate surface area is 130 Å². The van der Waals surface area contributed by atoms with Crippen molar-refractivity contribution in [3.05, 3.63) is 29.2 Å². The molecule has 2 heterocycles. The molecule has 3 rings (SSSR count). The predicted molar refractivity (Wildman–Crippen MR) is 86.3 cm³/mol. The van der Waals surface area contributed by atoms with Gasteiger partial charge in [0.1, 0.15) is 0 Å². The van der Waals surface area contributed by atoms with Crippen molar-refractivity contribution < 1.29 is 0 Å². The number of hydrogen-bond acceptors (Lipinski definition) is 5. The molecule has 1 atom stereocenters. The van der Waals surface area contributed by atoms with Gasteiger partial charge in [-0.05, 0) is 31.2 Å². The van der Waals surface area contributed by atoms with Crippen LogP contribution in [-0.4, -0.2) is 21.5 Å². The third-order valence-corrected chi connectivity index (χ3v) is 4.74. The Kier molecular flexibility index (Phi) is 4.04. The van der Waals surface area contributed by atoms with Crippen LogP contribution in [0.2, 0.25) is 0 Å². The number of aromatic nitrogens is 3. The SMILES string of the molecule is CCCNC1CC(C)(C)Cc2nc(-c3cncs3)ncc21. The van der Waals surface area contributed by atoms with Crippen LogP contribution in [0.4, 0.5) is 0 Å². The van der Waals surface area contributed by atoms with Crippen molar-refractivity contribution in [3.63, 3.8) is 0 Å². The Bertz CT molecular complexity index is 607. The van der Waals surface area contributed by atoms with Gasteiger partial charge < -0.3 is 5.32 Å². The number of fused-ring (bicyclic) bond motifs is 1. The van der Waals surface area contributed by atoms with Gasteiger partial charge in [0.05, 0.1) is 10.4 Å². The zero-order valence-corrected chi connectivity index (χ0v) is 13.7. The van der Waals surface area contributed by atoms with Crippen molar-refractivity contribution in [2.24, 2.45) is 5.41 Å². The van der Waals surface area contributed by atoms with Gasteiger partial charge in [0.25, 0.3) is 0 Å². The number of hydrogen-bond donors (Lipinski definition) is 1.